The van der Waals surface area contributed by atoms with E-state index in [1.54, 1.807) is 6.08 Å². The second-order valence-corrected chi connectivity index (χ2v) is 20.0. The maximum absolute atomic E-state index is 12.8. The molecule has 58 heavy (non-hydrogen) atoms. The van der Waals surface area contributed by atoms with Crippen molar-refractivity contribution in [3.05, 3.63) is 12.2 Å². The van der Waals surface area contributed by atoms with Crippen molar-refractivity contribution in [1.82, 2.24) is 5.32 Å². The van der Waals surface area contributed by atoms with Gasteiger partial charge >= 0.3 is 7.82 Å². The Hall–Kier alpha value is -0.760. The third kappa shape index (κ3) is 43.3. The lowest BCUT2D eigenvalue weighted by Gasteiger charge is -2.25. The minimum atomic E-state index is -4.33. The molecule has 9 heteroatoms. The first-order valence-corrected chi connectivity index (χ1v) is 26.6. The Balaban J connectivity index is 4.09. The average molecular weight is 844 g/mol. The molecule has 0 spiro atoms. The molecule has 0 saturated heterocycles. The van der Waals surface area contributed by atoms with E-state index in [-0.39, 0.29) is 19.1 Å². The highest BCUT2D eigenvalue weighted by Gasteiger charge is 2.27. The van der Waals surface area contributed by atoms with E-state index in [1.165, 1.54) is 193 Å². The highest BCUT2D eigenvalue weighted by atomic mass is 31.2. The molecule has 1 amide bonds. The molecule has 8 nitrogen and oxygen atoms in total. The summed E-state index contributed by atoms with van der Waals surface area (Å²) < 4.78 is 23.5. The maximum atomic E-state index is 12.8. The SMILES string of the molecule is CCCCCCCCCCCCCCCCCCCCCCCCCCC/C=C/C(O)C(COP(=O)(O)OCC[N+](C)(C)C)NC(=O)CCCCCCCCCCC. The zero-order valence-corrected chi connectivity index (χ0v) is 40.2. The number of phosphoric ester groups is 1. The summed E-state index contributed by atoms with van der Waals surface area (Å²) >= 11 is 0. The third-order valence-corrected chi connectivity index (χ3v) is 12.5. The average Bonchev–Trinajstić information content (AvgIpc) is 3.17. The Morgan fingerprint density at radius 2 is 0.914 bits per heavy atom. The molecule has 346 valence electrons. The van der Waals surface area contributed by atoms with Gasteiger partial charge in [0.2, 0.25) is 5.91 Å². The maximum Gasteiger partial charge on any atom is 0.472 e. The van der Waals surface area contributed by atoms with Gasteiger partial charge in [0.05, 0.1) is 39.9 Å². The number of aliphatic hydroxyl groups is 1. The number of carbonyl (C=O) groups excluding carboxylic acids is 1. The number of unbranched alkanes of at least 4 members (excludes halogenated alkanes) is 33. The van der Waals surface area contributed by atoms with Gasteiger partial charge in [-0.25, -0.2) is 4.57 Å². The molecule has 0 bridgehead atoms. The van der Waals surface area contributed by atoms with E-state index in [9.17, 15) is 19.4 Å². The van der Waals surface area contributed by atoms with E-state index in [0.29, 0.717) is 17.4 Å². The Morgan fingerprint density at radius 1 is 0.569 bits per heavy atom. The highest BCUT2D eigenvalue weighted by molar-refractivity contribution is 7.47. The van der Waals surface area contributed by atoms with E-state index in [2.05, 4.69) is 19.2 Å². The summed E-state index contributed by atoms with van der Waals surface area (Å²) in [6, 6.07) is -0.839. The topological polar surface area (TPSA) is 105 Å². The monoisotopic (exact) mass is 844 g/mol. The fourth-order valence-electron chi connectivity index (χ4n) is 7.51. The summed E-state index contributed by atoms with van der Waals surface area (Å²) in [6.07, 6.45) is 48.8. The van der Waals surface area contributed by atoms with Crippen LogP contribution in [0.25, 0.3) is 0 Å². The van der Waals surface area contributed by atoms with Crippen LogP contribution >= 0.6 is 7.82 Å². The second-order valence-electron chi connectivity index (χ2n) is 18.6. The number of rotatable bonds is 46. The number of quaternary nitrogens is 1. The van der Waals surface area contributed by atoms with Crippen LogP contribution in [-0.2, 0) is 18.4 Å². The van der Waals surface area contributed by atoms with Gasteiger partial charge in [0.15, 0.2) is 0 Å². The Bertz CT molecular complexity index is 958. The summed E-state index contributed by atoms with van der Waals surface area (Å²) in [5.41, 5.74) is 0. The zero-order chi connectivity index (χ0) is 42.8. The number of nitrogens with one attached hydrogen (secondary N) is 1. The van der Waals surface area contributed by atoms with Crippen LogP contribution < -0.4 is 5.32 Å². The zero-order valence-electron chi connectivity index (χ0n) is 39.3. The third-order valence-electron chi connectivity index (χ3n) is 11.5. The van der Waals surface area contributed by atoms with Crippen molar-refractivity contribution in [1.29, 1.82) is 0 Å². The molecule has 3 N–H and O–H groups in total. The summed E-state index contributed by atoms with van der Waals surface area (Å²) in [5, 5.41) is 13.8. The molecule has 3 atom stereocenters. The number of allylic oxidation sites excluding steroid dienone is 1. The second kappa shape index (κ2) is 41.6. The molecule has 0 rings (SSSR count). The smallest absolute Gasteiger partial charge is 0.387 e. The molecule has 0 aromatic carbocycles. The summed E-state index contributed by atoms with van der Waals surface area (Å²) in [5.74, 6) is -0.178. The molecule has 0 fully saturated rings. The number of phosphoric acid groups is 1. The molecule has 0 aromatic heterocycles. The number of amides is 1. The van der Waals surface area contributed by atoms with Gasteiger partial charge in [-0.15, -0.1) is 0 Å². The normalized spacial score (nSPS) is 14.3. The highest BCUT2D eigenvalue weighted by Crippen LogP contribution is 2.43. The number of carbonyl (C=O) groups is 1. The largest absolute Gasteiger partial charge is 0.472 e. The van der Waals surface area contributed by atoms with Gasteiger partial charge in [-0.05, 0) is 19.3 Å². The van der Waals surface area contributed by atoms with Gasteiger partial charge < -0.3 is 19.8 Å². The van der Waals surface area contributed by atoms with Crippen molar-refractivity contribution in [3.8, 4) is 0 Å². The number of likely N-dealkylation sites (N-methyl/N-ethyl adjacent to an activating group) is 1. The molecule has 0 aromatic rings. The lowest BCUT2D eigenvalue weighted by molar-refractivity contribution is -0.870. The first kappa shape index (κ1) is 57.2. The molecule has 0 heterocycles. The van der Waals surface area contributed by atoms with Crippen LogP contribution in [0.3, 0.4) is 0 Å². The lowest BCUT2D eigenvalue weighted by atomic mass is 10.0. The van der Waals surface area contributed by atoms with Crippen LogP contribution in [0.4, 0.5) is 0 Å². The van der Waals surface area contributed by atoms with Crippen LogP contribution in [0, 0.1) is 0 Å². The van der Waals surface area contributed by atoms with E-state index in [0.717, 1.165) is 32.1 Å². The van der Waals surface area contributed by atoms with E-state index in [4.69, 9.17) is 9.05 Å². The molecule has 0 aliphatic carbocycles. The quantitative estimate of drug-likeness (QED) is 0.0244. The van der Waals surface area contributed by atoms with Gasteiger partial charge in [0, 0.05) is 6.42 Å². The van der Waals surface area contributed by atoms with Crippen LogP contribution in [0.2, 0.25) is 0 Å². The first-order chi connectivity index (χ1) is 28.0. The standard InChI is InChI=1S/C49H99N2O6P/c1-6-8-10-12-14-16-17-18-19-20-21-22-23-24-25-26-27-28-29-30-31-32-33-35-36-38-40-42-48(52)47(46-57-58(54,55)56-45-44-51(3,4)5)50-49(53)43-41-39-37-34-15-13-11-9-7-2/h40,42,47-48,52H,6-39,41,43-46H2,1-5H3,(H-,50,53,54,55)/p+1/b42-40+. The molecule has 3 unspecified atom stereocenters. The van der Waals surface area contributed by atoms with Crippen molar-refractivity contribution in [2.24, 2.45) is 0 Å². The fourth-order valence-corrected chi connectivity index (χ4v) is 8.25. The number of hydrogen-bond donors (Lipinski definition) is 3. The fraction of sp³-hybridized carbons (Fsp3) is 0.939. The van der Waals surface area contributed by atoms with Crippen LogP contribution in [0.5, 0.6) is 0 Å². The Kier molecular flexibility index (Phi) is 41.0. The number of nitrogens with zero attached hydrogens (tertiary/aromatic N) is 1. The Morgan fingerprint density at radius 3 is 1.28 bits per heavy atom. The number of aliphatic hydroxyl groups excluding tert-OH is 1. The van der Waals surface area contributed by atoms with Gasteiger partial charge in [0.25, 0.3) is 0 Å². The van der Waals surface area contributed by atoms with Crippen LogP contribution in [0.15, 0.2) is 12.2 Å². The van der Waals surface area contributed by atoms with Crippen molar-refractivity contribution in [3.63, 3.8) is 0 Å². The number of hydrogen-bond acceptors (Lipinski definition) is 5. The van der Waals surface area contributed by atoms with Crippen LogP contribution in [-0.4, -0.2) is 73.4 Å². The molecule has 0 aliphatic heterocycles. The van der Waals surface area contributed by atoms with Gasteiger partial charge in [-0.3, -0.25) is 13.8 Å². The van der Waals surface area contributed by atoms with Crippen LogP contribution in [0.1, 0.15) is 245 Å². The van der Waals surface area contributed by atoms with Crippen molar-refractivity contribution in [2.45, 2.75) is 257 Å². The molecule has 0 radical (unpaired) electrons. The van der Waals surface area contributed by atoms with Crippen molar-refractivity contribution >= 4 is 13.7 Å². The summed E-state index contributed by atoms with van der Waals surface area (Å²) in [6.45, 7) is 4.81. The predicted molar refractivity (Wildman–Crippen MR) is 249 cm³/mol. The molecular formula is C49H100N2O6P+. The predicted octanol–water partition coefficient (Wildman–Crippen LogP) is 14.3. The van der Waals surface area contributed by atoms with Gasteiger partial charge in [-0.1, -0.05) is 231 Å². The molecular weight excluding hydrogens is 744 g/mol. The molecule has 0 aliphatic rings. The minimum absolute atomic E-state index is 0.0645. The van der Waals surface area contributed by atoms with Crippen molar-refractivity contribution in [2.75, 3.05) is 40.9 Å². The van der Waals surface area contributed by atoms with Crippen molar-refractivity contribution < 1.29 is 32.9 Å². The van der Waals surface area contributed by atoms with E-state index >= 15 is 0 Å². The lowest BCUT2D eigenvalue weighted by Crippen LogP contribution is -2.45. The summed E-state index contributed by atoms with van der Waals surface area (Å²) in [7, 11) is 1.58. The first-order valence-electron chi connectivity index (χ1n) is 25.1. The van der Waals surface area contributed by atoms with E-state index in [1.807, 2.05) is 27.2 Å². The van der Waals surface area contributed by atoms with Gasteiger partial charge in [-0.2, -0.15) is 0 Å². The van der Waals surface area contributed by atoms with E-state index < -0.39 is 20.0 Å². The molecule has 0 saturated carbocycles. The minimum Gasteiger partial charge on any atom is -0.387 e. The summed E-state index contributed by atoms with van der Waals surface area (Å²) in [4.78, 5) is 23.0. The van der Waals surface area contributed by atoms with Gasteiger partial charge in [0.1, 0.15) is 13.2 Å². The Labute approximate surface area is 361 Å².